The lowest BCUT2D eigenvalue weighted by Crippen LogP contribution is -2.32. The molecule has 16 heavy (non-hydrogen) atoms. The fourth-order valence-electron chi connectivity index (χ4n) is 1.94. The number of nitrogens with two attached hydrogens (primary N) is 1. The average Bonchev–Trinajstić information content (AvgIpc) is 2.53. The Labute approximate surface area is 98.8 Å². The Kier molecular flexibility index (Phi) is 3.16. The molecule has 0 fully saturated rings. The first-order valence-corrected chi connectivity index (χ1v) is 6.25. The third-order valence-electron chi connectivity index (χ3n) is 2.72. The van der Waals surface area contributed by atoms with Crippen molar-refractivity contribution in [2.45, 2.75) is 32.9 Å². The van der Waals surface area contributed by atoms with Crippen molar-refractivity contribution in [3.8, 4) is 0 Å². The summed E-state index contributed by atoms with van der Waals surface area (Å²) in [5.41, 5.74) is 7.49. The Morgan fingerprint density at radius 1 is 1.69 bits per heavy atom. The van der Waals surface area contributed by atoms with Crippen LogP contribution in [0, 0.1) is 0 Å². The predicted octanol–water partition coefficient (Wildman–Crippen LogP) is 1.54. The summed E-state index contributed by atoms with van der Waals surface area (Å²) >= 11 is 1.51. The Morgan fingerprint density at radius 3 is 3.12 bits per heavy atom. The molecule has 4 nitrogen and oxygen atoms in total. The van der Waals surface area contributed by atoms with Crippen molar-refractivity contribution in [3.63, 3.8) is 0 Å². The van der Waals surface area contributed by atoms with Gasteiger partial charge >= 0.3 is 5.97 Å². The van der Waals surface area contributed by atoms with Gasteiger partial charge in [0.15, 0.2) is 0 Å². The van der Waals surface area contributed by atoms with Gasteiger partial charge in [-0.15, -0.1) is 11.3 Å². The minimum atomic E-state index is -0.297. The van der Waals surface area contributed by atoms with Crippen molar-refractivity contribution in [2.75, 3.05) is 12.3 Å². The van der Waals surface area contributed by atoms with Crippen LogP contribution in [0.5, 0.6) is 0 Å². The molecule has 3 N–H and O–H groups in total. The zero-order valence-electron chi connectivity index (χ0n) is 9.50. The number of nitrogen functional groups attached to an aromatic ring is 1. The van der Waals surface area contributed by atoms with Gasteiger partial charge in [0, 0.05) is 17.5 Å². The van der Waals surface area contributed by atoms with E-state index in [1.54, 1.807) is 6.92 Å². The Hall–Kier alpha value is -1.07. The number of ether oxygens (including phenoxy) is 1. The number of fused-ring (bicyclic) bond motifs is 1. The number of anilines is 1. The number of rotatable bonds is 2. The summed E-state index contributed by atoms with van der Waals surface area (Å²) < 4.78 is 5.02. The van der Waals surface area contributed by atoms with Crippen molar-refractivity contribution >= 4 is 22.3 Å². The van der Waals surface area contributed by atoms with Crippen LogP contribution < -0.4 is 11.1 Å². The molecule has 1 aromatic rings. The van der Waals surface area contributed by atoms with Crippen LogP contribution in [0.3, 0.4) is 0 Å². The predicted molar refractivity (Wildman–Crippen MR) is 64.7 cm³/mol. The summed E-state index contributed by atoms with van der Waals surface area (Å²) in [4.78, 5) is 13.0. The van der Waals surface area contributed by atoms with Crippen LogP contribution in [0.25, 0.3) is 0 Å². The van der Waals surface area contributed by atoms with E-state index in [0.29, 0.717) is 29.8 Å². The smallest absolute Gasteiger partial charge is 0.341 e. The summed E-state index contributed by atoms with van der Waals surface area (Å²) in [5.74, 6) is -0.297. The van der Waals surface area contributed by atoms with E-state index in [0.717, 1.165) is 12.0 Å². The van der Waals surface area contributed by atoms with Gasteiger partial charge in [0.05, 0.1) is 12.2 Å². The number of esters is 1. The van der Waals surface area contributed by atoms with E-state index in [2.05, 4.69) is 12.2 Å². The van der Waals surface area contributed by atoms with Gasteiger partial charge in [-0.05, 0) is 25.8 Å². The second kappa shape index (κ2) is 4.43. The first-order chi connectivity index (χ1) is 7.63. The molecule has 5 heteroatoms. The fourth-order valence-corrected chi connectivity index (χ4v) is 3.14. The fraction of sp³-hybridized carbons (Fsp3) is 0.545. The number of thiophene rings is 1. The van der Waals surface area contributed by atoms with Crippen molar-refractivity contribution in [1.82, 2.24) is 5.32 Å². The van der Waals surface area contributed by atoms with E-state index in [-0.39, 0.29) is 5.97 Å². The minimum Gasteiger partial charge on any atom is -0.462 e. The molecule has 0 aliphatic carbocycles. The Balaban J connectivity index is 2.35. The van der Waals surface area contributed by atoms with Gasteiger partial charge in [-0.2, -0.15) is 0 Å². The molecular formula is C11H16N2O2S. The van der Waals surface area contributed by atoms with Gasteiger partial charge in [-0.25, -0.2) is 4.79 Å². The minimum absolute atomic E-state index is 0.297. The second-order valence-corrected chi connectivity index (χ2v) is 5.09. The van der Waals surface area contributed by atoms with Crippen LogP contribution in [0.4, 0.5) is 5.00 Å². The van der Waals surface area contributed by atoms with Gasteiger partial charge in [-0.3, -0.25) is 0 Å². The number of hydrogen-bond donors (Lipinski definition) is 2. The van der Waals surface area contributed by atoms with Crippen molar-refractivity contribution in [2.24, 2.45) is 0 Å². The maximum atomic E-state index is 11.8. The summed E-state index contributed by atoms with van der Waals surface area (Å²) in [6, 6.07) is 0.445. The van der Waals surface area contributed by atoms with Crippen molar-refractivity contribution in [3.05, 3.63) is 16.0 Å². The molecule has 0 bridgehead atoms. The van der Waals surface area contributed by atoms with Crippen LogP contribution in [0.15, 0.2) is 0 Å². The Bertz CT molecular complexity index is 414. The molecule has 0 spiro atoms. The van der Waals surface area contributed by atoms with E-state index in [9.17, 15) is 4.79 Å². The quantitative estimate of drug-likeness (QED) is 0.770. The summed E-state index contributed by atoms with van der Waals surface area (Å²) in [7, 11) is 0. The SMILES string of the molecule is CCOC(=O)c1c(N)sc2c1CNC(C)C2. The van der Waals surface area contributed by atoms with Crippen molar-refractivity contribution in [1.29, 1.82) is 0 Å². The second-order valence-electron chi connectivity index (χ2n) is 3.95. The molecule has 1 aliphatic rings. The molecular weight excluding hydrogens is 224 g/mol. The largest absolute Gasteiger partial charge is 0.462 e. The number of carbonyl (C=O) groups is 1. The van der Waals surface area contributed by atoms with Gasteiger partial charge in [0.1, 0.15) is 5.00 Å². The molecule has 1 atom stereocenters. The molecule has 1 aliphatic heterocycles. The zero-order chi connectivity index (χ0) is 11.7. The normalized spacial score (nSPS) is 19.2. The maximum absolute atomic E-state index is 11.8. The van der Waals surface area contributed by atoms with Gasteiger partial charge in [0.25, 0.3) is 0 Å². The topological polar surface area (TPSA) is 64.3 Å². The highest BCUT2D eigenvalue weighted by atomic mass is 32.1. The van der Waals surface area contributed by atoms with Gasteiger partial charge in [0.2, 0.25) is 0 Å². The van der Waals surface area contributed by atoms with Crippen LogP contribution in [0.2, 0.25) is 0 Å². The van der Waals surface area contributed by atoms with Crippen LogP contribution in [0.1, 0.15) is 34.6 Å². The first-order valence-electron chi connectivity index (χ1n) is 5.44. The van der Waals surface area contributed by atoms with E-state index in [1.165, 1.54) is 16.2 Å². The highest BCUT2D eigenvalue weighted by molar-refractivity contribution is 7.16. The summed E-state index contributed by atoms with van der Waals surface area (Å²) in [6.07, 6.45) is 0.934. The van der Waals surface area contributed by atoms with E-state index >= 15 is 0 Å². The third kappa shape index (κ3) is 1.92. The lowest BCUT2D eigenvalue weighted by atomic mass is 10.0. The summed E-state index contributed by atoms with van der Waals surface area (Å²) in [5, 5.41) is 3.91. The molecule has 2 heterocycles. The molecule has 1 aromatic heterocycles. The lowest BCUT2D eigenvalue weighted by Gasteiger charge is -2.20. The lowest BCUT2D eigenvalue weighted by molar-refractivity contribution is 0.0526. The number of carbonyl (C=O) groups excluding carboxylic acids is 1. The van der Waals surface area contributed by atoms with Crippen LogP contribution >= 0.6 is 11.3 Å². The number of hydrogen-bond acceptors (Lipinski definition) is 5. The maximum Gasteiger partial charge on any atom is 0.341 e. The first kappa shape index (κ1) is 11.4. The molecule has 0 radical (unpaired) electrons. The molecule has 0 saturated heterocycles. The van der Waals surface area contributed by atoms with Crippen LogP contribution in [-0.4, -0.2) is 18.6 Å². The van der Waals surface area contributed by atoms with Crippen LogP contribution in [-0.2, 0) is 17.7 Å². The Morgan fingerprint density at radius 2 is 2.44 bits per heavy atom. The standard InChI is InChI=1S/C11H16N2O2S/c1-3-15-11(14)9-7-5-13-6(2)4-8(7)16-10(9)12/h6,13H,3-5,12H2,1-2H3. The number of nitrogens with one attached hydrogen (secondary N) is 1. The highest BCUT2D eigenvalue weighted by Crippen LogP contribution is 2.34. The monoisotopic (exact) mass is 240 g/mol. The molecule has 0 saturated carbocycles. The molecule has 88 valence electrons. The zero-order valence-corrected chi connectivity index (χ0v) is 10.3. The molecule has 0 aromatic carbocycles. The van der Waals surface area contributed by atoms with E-state index in [4.69, 9.17) is 10.5 Å². The van der Waals surface area contributed by atoms with E-state index < -0.39 is 0 Å². The van der Waals surface area contributed by atoms with E-state index in [1.807, 2.05) is 0 Å². The molecule has 0 amide bonds. The average molecular weight is 240 g/mol. The molecule has 1 unspecified atom stereocenters. The highest BCUT2D eigenvalue weighted by Gasteiger charge is 2.26. The van der Waals surface area contributed by atoms with Crippen molar-refractivity contribution < 1.29 is 9.53 Å². The van der Waals surface area contributed by atoms with Gasteiger partial charge in [-0.1, -0.05) is 0 Å². The van der Waals surface area contributed by atoms with Gasteiger partial charge < -0.3 is 15.8 Å². The third-order valence-corrected chi connectivity index (χ3v) is 3.80. The summed E-state index contributed by atoms with van der Waals surface area (Å²) in [6.45, 7) is 5.02. The molecule has 2 rings (SSSR count).